The Morgan fingerprint density at radius 2 is 1.85 bits per heavy atom. The molecule has 1 amide bonds. The standard InChI is InChI=1S/C15H21NO4/c1-4-15(19-3,12-9-7-6-8-10-12)11-16-13(17)14(18)20-5-2/h6-10H,4-5,11H2,1-3H3,(H,16,17). The van der Waals surface area contributed by atoms with Crippen LogP contribution in [0.25, 0.3) is 0 Å². The number of hydrogen-bond acceptors (Lipinski definition) is 4. The molecule has 0 aliphatic rings. The number of carbonyl (C=O) groups excluding carboxylic acids is 2. The van der Waals surface area contributed by atoms with E-state index in [2.05, 4.69) is 10.1 Å². The molecule has 0 aliphatic heterocycles. The van der Waals surface area contributed by atoms with Crippen molar-refractivity contribution >= 4 is 11.9 Å². The minimum atomic E-state index is -0.873. The summed E-state index contributed by atoms with van der Waals surface area (Å²) in [5.41, 5.74) is 0.304. The van der Waals surface area contributed by atoms with Crippen molar-refractivity contribution in [1.82, 2.24) is 5.32 Å². The van der Waals surface area contributed by atoms with Gasteiger partial charge in [0.25, 0.3) is 0 Å². The summed E-state index contributed by atoms with van der Waals surface area (Å²) in [4.78, 5) is 22.9. The van der Waals surface area contributed by atoms with Crippen LogP contribution in [0.3, 0.4) is 0 Å². The predicted molar refractivity (Wildman–Crippen MR) is 75.1 cm³/mol. The number of amides is 1. The Hall–Kier alpha value is -1.88. The van der Waals surface area contributed by atoms with E-state index < -0.39 is 17.5 Å². The van der Waals surface area contributed by atoms with E-state index in [1.54, 1.807) is 14.0 Å². The summed E-state index contributed by atoms with van der Waals surface area (Å²) in [5.74, 6) is -1.63. The smallest absolute Gasteiger partial charge is 0.396 e. The summed E-state index contributed by atoms with van der Waals surface area (Å²) < 4.78 is 10.2. The van der Waals surface area contributed by atoms with Crippen LogP contribution < -0.4 is 5.32 Å². The maximum Gasteiger partial charge on any atom is 0.396 e. The van der Waals surface area contributed by atoms with Crippen molar-refractivity contribution in [3.63, 3.8) is 0 Å². The molecule has 0 aromatic heterocycles. The monoisotopic (exact) mass is 279 g/mol. The number of benzene rings is 1. The molecule has 0 bridgehead atoms. The first kappa shape index (κ1) is 16.2. The van der Waals surface area contributed by atoms with Gasteiger partial charge in [0.15, 0.2) is 0 Å². The molecule has 1 N–H and O–H groups in total. The summed E-state index contributed by atoms with van der Waals surface area (Å²) in [6, 6.07) is 9.60. The first-order valence-corrected chi connectivity index (χ1v) is 6.65. The first-order chi connectivity index (χ1) is 9.59. The van der Waals surface area contributed by atoms with Gasteiger partial charge in [-0.15, -0.1) is 0 Å². The molecular formula is C15H21NO4. The first-order valence-electron chi connectivity index (χ1n) is 6.65. The Balaban J connectivity index is 2.78. The Bertz CT molecular complexity index is 440. The second-order valence-electron chi connectivity index (χ2n) is 4.32. The molecule has 0 fully saturated rings. The van der Waals surface area contributed by atoms with Crippen molar-refractivity contribution in [3.05, 3.63) is 35.9 Å². The number of ether oxygens (including phenoxy) is 2. The lowest BCUT2D eigenvalue weighted by Gasteiger charge is -2.32. The van der Waals surface area contributed by atoms with Crippen molar-refractivity contribution in [2.75, 3.05) is 20.3 Å². The highest BCUT2D eigenvalue weighted by molar-refractivity contribution is 6.32. The van der Waals surface area contributed by atoms with Crippen molar-refractivity contribution in [3.8, 4) is 0 Å². The van der Waals surface area contributed by atoms with Gasteiger partial charge in [-0.1, -0.05) is 37.3 Å². The highest BCUT2D eigenvalue weighted by Gasteiger charge is 2.31. The Morgan fingerprint density at radius 3 is 2.35 bits per heavy atom. The zero-order valence-electron chi connectivity index (χ0n) is 12.1. The second-order valence-corrected chi connectivity index (χ2v) is 4.32. The minimum Gasteiger partial charge on any atom is -0.459 e. The van der Waals surface area contributed by atoms with Gasteiger partial charge in [0.1, 0.15) is 5.60 Å². The van der Waals surface area contributed by atoms with Gasteiger partial charge in [0.05, 0.1) is 13.2 Å². The third-order valence-electron chi connectivity index (χ3n) is 3.26. The number of hydrogen-bond donors (Lipinski definition) is 1. The maximum absolute atomic E-state index is 11.6. The molecule has 110 valence electrons. The van der Waals surface area contributed by atoms with Crippen molar-refractivity contribution in [2.24, 2.45) is 0 Å². The highest BCUT2D eigenvalue weighted by atomic mass is 16.5. The molecule has 5 heteroatoms. The fourth-order valence-electron chi connectivity index (χ4n) is 2.00. The van der Waals surface area contributed by atoms with Crippen molar-refractivity contribution in [2.45, 2.75) is 25.9 Å². The third-order valence-corrected chi connectivity index (χ3v) is 3.26. The summed E-state index contributed by atoms with van der Waals surface area (Å²) >= 11 is 0. The van der Waals surface area contributed by atoms with E-state index >= 15 is 0 Å². The molecule has 0 saturated carbocycles. The average Bonchev–Trinajstić information content (AvgIpc) is 2.50. The fraction of sp³-hybridized carbons (Fsp3) is 0.467. The van der Waals surface area contributed by atoms with Gasteiger partial charge in [0.2, 0.25) is 0 Å². The topological polar surface area (TPSA) is 64.6 Å². The van der Waals surface area contributed by atoms with Crippen molar-refractivity contribution in [1.29, 1.82) is 0 Å². The Kier molecular flexibility index (Phi) is 6.18. The van der Waals surface area contributed by atoms with Crippen LogP contribution in [0, 0.1) is 0 Å². The zero-order chi connectivity index (χ0) is 15.0. The van der Waals surface area contributed by atoms with Gasteiger partial charge >= 0.3 is 11.9 Å². The summed E-state index contributed by atoms with van der Waals surface area (Å²) in [7, 11) is 1.59. The quantitative estimate of drug-likeness (QED) is 0.635. The fourth-order valence-corrected chi connectivity index (χ4v) is 2.00. The predicted octanol–water partition coefficient (Wildman–Crippen LogP) is 1.62. The lowest BCUT2D eigenvalue weighted by molar-refractivity contribution is -0.155. The molecule has 0 spiro atoms. The third kappa shape index (κ3) is 3.81. The van der Waals surface area contributed by atoms with E-state index in [0.717, 1.165) is 5.56 Å². The normalized spacial score (nSPS) is 13.3. The van der Waals surface area contributed by atoms with E-state index in [1.807, 2.05) is 37.3 Å². The summed E-state index contributed by atoms with van der Waals surface area (Å²) in [5, 5.41) is 2.57. The molecule has 0 heterocycles. The van der Waals surface area contributed by atoms with Crippen LogP contribution in [0.5, 0.6) is 0 Å². The van der Waals surface area contributed by atoms with Crippen LogP contribution in [-0.4, -0.2) is 32.1 Å². The Labute approximate surface area is 119 Å². The number of carbonyl (C=O) groups is 2. The van der Waals surface area contributed by atoms with Crippen molar-refractivity contribution < 1.29 is 19.1 Å². The summed E-state index contributed by atoms with van der Waals surface area (Å²) in [6.45, 7) is 4.00. The number of rotatable bonds is 6. The zero-order valence-corrected chi connectivity index (χ0v) is 12.1. The lowest BCUT2D eigenvalue weighted by atomic mass is 9.90. The molecular weight excluding hydrogens is 258 g/mol. The van der Waals surface area contributed by atoms with Gasteiger partial charge in [0, 0.05) is 7.11 Å². The average molecular weight is 279 g/mol. The van der Waals surface area contributed by atoms with Crippen LogP contribution in [-0.2, 0) is 24.7 Å². The van der Waals surface area contributed by atoms with E-state index in [-0.39, 0.29) is 13.2 Å². The van der Waals surface area contributed by atoms with Crippen LogP contribution in [0.15, 0.2) is 30.3 Å². The number of esters is 1. The van der Waals surface area contributed by atoms with Gasteiger partial charge in [-0.2, -0.15) is 0 Å². The van der Waals surface area contributed by atoms with Crippen LogP contribution in [0.2, 0.25) is 0 Å². The van der Waals surface area contributed by atoms with Crippen LogP contribution >= 0.6 is 0 Å². The maximum atomic E-state index is 11.6. The van der Waals surface area contributed by atoms with E-state index in [1.165, 1.54) is 0 Å². The van der Waals surface area contributed by atoms with Gasteiger partial charge in [-0.3, -0.25) is 4.79 Å². The highest BCUT2D eigenvalue weighted by Crippen LogP contribution is 2.27. The second kappa shape index (κ2) is 7.65. The SMILES string of the molecule is CCOC(=O)C(=O)NCC(CC)(OC)c1ccccc1. The van der Waals surface area contributed by atoms with E-state index in [9.17, 15) is 9.59 Å². The largest absolute Gasteiger partial charge is 0.459 e. The van der Waals surface area contributed by atoms with Crippen LogP contribution in [0.4, 0.5) is 0 Å². The molecule has 1 aromatic carbocycles. The minimum absolute atomic E-state index is 0.175. The van der Waals surface area contributed by atoms with Crippen LogP contribution in [0.1, 0.15) is 25.8 Å². The molecule has 1 aromatic rings. The Morgan fingerprint density at radius 1 is 1.20 bits per heavy atom. The van der Waals surface area contributed by atoms with E-state index in [4.69, 9.17) is 4.74 Å². The molecule has 0 aliphatic carbocycles. The molecule has 20 heavy (non-hydrogen) atoms. The molecule has 5 nitrogen and oxygen atoms in total. The molecule has 1 unspecified atom stereocenters. The molecule has 1 rings (SSSR count). The van der Waals surface area contributed by atoms with Gasteiger partial charge in [-0.25, -0.2) is 4.79 Å². The summed E-state index contributed by atoms with van der Waals surface area (Å²) in [6.07, 6.45) is 0.663. The lowest BCUT2D eigenvalue weighted by Crippen LogP contribution is -2.44. The molecule has 0 saturated heterocycles. The molecule has 1 atom stereocenters. The van der Waals surface area contributed by atoms with Gasteiger partial charge in [-0.05, 0) is 18.9 Å². The number of nitrogens with one attached hydrogen (secondary N) is 1. The van der Waals surface area contributed by atoms with Gasteiger partial charge < -0.3 is 14.8 Å². The van der Waals surface area contributed by atoms with E-state index in [0.29, 0.717) is 6.42 Å². The molecule has 0 radical (unpaired) electrons. The number of methoxy groups -OCH3 is 1.